The number of carbonyl (C=O) groups excluding carboxylic acids is 2. The summed E-state index contributed by atoms with van der Waals surface area (Å²) in [6, 6.07) is 12.2. The Morgan fingerprint density at radius 3 is 2.11 bits per heavy atom. The molecule has 2 N–H and O–H groups in total. The standard InChI is InChI=1S/C19H23N3O4S/c1-4-22(5-2)19(24)15-7-6-8-18(13-15)27(25,26)21-17-11-9-16(10-12-17)20-14(3)23/h6-13,21H,4-5H2,1-3H3,(H,20,23). The van der Waals surface area contributed by atoms with Gasteiger partial charge in [-0.1, -0.05) is 6.07 Å². The zero-order valence-corrected chi connectivity index (χ0v) is 16.3. The lowest BCUT2D eigenvalue weighted by atomic mass is 10.2. The number of amides is 2. The predicted octanol–water partition coefficient (Wildman–Crippen LogP) is 2.93. The first kappa shape index (κ1) is 20.4. The van der Waals surface area contributed by atoms with Gasteiger partial charge in [-0.25, -0.2) is 8.42 Å². The van der Waals surface area contributed by atoms with E-state index in [0.29, 0.717) is 30.0 Å². The molecule has 0 aliphatic carbocycles. The van der Waals surface area contributed by atoms with Crippen LogP contribution in [0.2, 0.25) is 0 Å². The minimum absolute atomic E-state index is 0.00597. The molecule has 2 amide bonds. The van der Waals surface area contributed by atoms with Gasteiger partial charge < -0.3 is 10.2 Å². The van der Waals surface area contributed by atoms with Crippen molar-refractivity contribution in [2.45, 2.75) is 25.7 Å². The Morgan fingerprint density at radius 1 is 0.963 bits per heavy atom. The van der Waals surface area contributed by atoms with E-state index in [4.69, 9.17) is 0 Å². The number of hydrogen-bond acceptors (Lipinski definition) is 4. The quantitative estimate of drug-likeness (QED) is 0.761. The monoisotopic (exact) mass is 389 g/mol. The van der Waals surface area contributed by atoms with E-state index < -0.39 is 10.0 Å². The van der Waals surface area contributed by atoms with Crippen LogP contribution in [-0.2, 0) is 14.8 Å². The summed E-state index contributed by atoms with van der Waals surface area (Å²) in [4.78, 5) is 25.1. The predicted molar refractivity (Wildman–Crippen MR) is 105 cm³/mol. The normalized spacial score (nSPS) is 10.9. The van der Waals surface area contributed by atoms with Crippen molar-refractivity contribution < 1.29 is 18.0 Å². The molecular formula is C19H23N3O4S. The van der Waals surface area contributed by atoms with E-state index in [-0.39, 0.29) is 16.7 Å². The Bertz CT molecular complexity index is 920. The smallest absolute Gasteiger partial charge is 0.261 e. The van der Waals surface area contributed by atoms with Gasteiger partial charge in [0.05, 0.1) is 4.90 Å². The highest BCUT2D eigenvalue weighted by Gasteiger charge is 2.18. The highest BCUT2D eigenvalue weighted by Crippen LogP contribution is 2.20. The maximum atomic E-state index is 12.6. The molecule has 0 saturated carbocycles. The van der Waals surface area contributed by atoms with Crippen LogP contribution in [0.25, 0.3) is 0 Å². The van der Waals surface area contributed by atoms with Crippen LogP contribution in [0.5, 0.6) is 0 Å². The highest BCUT2D eigenvalue weighted by molar-refractivity contribution is 7.92. The van der Waals surface area contributed by atoms with Crippen molar-refractivity contribution in [1.82, 2.24) is 4.90 Å². The largest absolute Gasteiger partial charge is 0.339 e. The zero-order chi connectivity index (χ0) is 20.0. The van der Waals surface area contributed by atoms with Crippen LogP contribution < -0.4 is 10.0 Å². The number of nitrogens with zero attached hydrogens (tertiary/aromatic N) is 1. The number of nitrogens with one attached hydrogen (secondary N) is 2. The first-order valence-electron chi connectivity index (χ1n) is 8.56. The van der Waals surface area contributed by atoms with E-state index in [1.165, 1.54) is 19.1 Å². The van der Waals surface area contributed by atoms with E-state index in [0.717, 1.165) is 0 Å². The molecule has 0 bridgehead atoms. The minimum Gasteiger partial charge on any atom is -0.339 e. The Balaban J connectivity index is 2.22. The van der Waals surface area contributed by atoms with Crippen LogP contribution in [0.1, 0.15) is 31.1 Å². The maximum Gasteiger partial charge on any atom is 0.261 e. The summed E-state index contributed by atoms with van der Waals surface area (Å²) in [5, 5.41) is 2.61. The summed E-state index contributed by atoms with van der Waals surface area (Å²) in [5.41, 5.74) is 1.24. The van der Waals surface area contributed by atoms with Gasteiger partial charge in [0.25, 0.3) is 15.9 Å². The van der Waals surface area contributed by atoms with Crippen LogP contribution in [0, 0.1) is 0 Å². The van der Waals surface area contributed by atoms with Gasteiger partial charge in [0.2, 0.25) is 5.91 Å². The molecule has 0 aliphatic heterocycles. The minimum atomic E-state index is -3.85. The molecule has 0 unspecified atom stereocenters. The summed E-state index contributed by atoms with van der Waals surface area (Å²) in [7, 11) is -3.85. The molecule has 8 heteroatoms. The number of carbonyl (C=O) groups is 2. The molecular weight excluding hydrogens is 366 g/mol. The average molecular weight is 389 g/mol. The molecule has 27 heavy (non-hydrogen) atoms. The van der Waals surface area contributed by atoms with Crippen LogP contribution >= 0.6 is 0 Å². The van der Waals surface area contributed by atoms with Crippen molar-refractivity contribution in [2.24, 2.45) is 0 Å². The zero-order valence-electron chi connectivity index (χ0n) is 15.5. The van der Waals surface area contributed by atoms with Gasteiger partial charge in [-0.2, -0.15) is 0 Å². The Kier molecular flexibility index (Phi) is 6.57. The van der Waals surface area contributed by atoms with Crippen molar-refractivity contribution >= 4 is 33.2 Å². The molecule has 2 rings (SSSR count). The Labute approximate surface area is 159 Å². The van der Waals surface area contributed by atoms with Gasteiger partial charge in [-0.15, -0.1) is 0 Å². The fourth-order valence-corrected chi connectivity index (χ4v) is 3.63. The molecule has 0 spiro atoms. The van der Waals surface area contributed by atoms with Crippen LogP contribution in [0.4, 0.5) is 11.4 Å². The van der Waals surface area contributed by atoms with E-state index in [9.17, 15) is 18.0 Å². The van der Waals surface area contributed by atoms with Gasteiger partial charge in [-0.3, -0.25) is 14.3 Å². The van der Waals surface area contributed by atoms with Crippen molar-refractivity contribution in [3.63, 3.8) is 0 Å². The molecule has 0 fully saturated rings. The third-order valence-electron chi connectivity index (χ3n) is 3.90. The maximum absolute atomic E-state index is 12.6. The average Bonchev–Trinajstić information content (AvgIpc) is 2.64. The second kappa shape index (κ2) is 8.68. The van der Waals surface area contributed by atoms with Gasteiger partial charge in [0.15, 0.2) is 0 Å². The third kappa shape index (κ3) is 5.30. The van der Waals surface area contributed by atoms with Crippen LogP contribution in [0.3, 0.4) is 0 Å². The molecule has 0 radical (unpaired) electrons. The van der Waals surface area contributed by atoms with Crippen LogP contribution in [-0.4, -0.2) is 38.2 Å². The summed E-state index contributed by atoms with van der Waals surface area (Å²) in [6.07, 6.45) is 0. The van der Waals surface area contributed by atoms with E-state index in [2.05, 4.69) is 10.0 Å². The molecule has 2 aromatic rings. The van der Waals surface area contributed by atoms with Crippen molar-refractivity contribution in [3.8, 4) is 0 Å². The molecule has 0 aromatic heterocycles. The molecule has 144 valence electrons. The fourth-order valence-electron chi connectivity index (χ4n) is 2.53. The summed E-state index contributed by atoms with van der Waals surface area (Å²) < 4.78 is 27.8. The number of anilines is 2. The second-order valence-electron chi connectivity index (χ2n) is 5.87. The van der Waals surface area contributed by atoms with Gasteiger partial charge in [0.1, 0.15) is 0 Å². The second-order valence-corrected chi connectivity index (χ2v) is 7.55. The number of benzene rings is 2. The summed E-state index contributed by atoms with van der Waals surface area (Å²) in [5.74, 6) is -0.422. The first-order valence-corrected chi connectivity index (χ1v) is 10.0. The number of hydrogen-bond donors (Lipinski definition) is 2. The van der Waals surface area contributed by atoms with Crippen molar-refractivity contribution in [2.75, 3.05) is 23.1 Å². The molecule has 0 saturated heterocycles. The van der Waals surface area contributed by atoms with Crippen molar-refractivity contribution in [1.29, 1.82) is 0 Å². The van der Waals surface area contributed by atoms with Gasteiger partial charge >= 0.3 is 0 Å². The summed E-state index contributed by atoms with van der Waals surface area (Å²) in [6.45, 7) is 6.22. The van der Waals surface area contributed by atoms with E-state index in [1.54, 1.807) is 41.3 Å². The lowest BCUT2D eigenvalue weighted by Crippen LogP contribution is -2.30. The summed E-state index contributed by atoms with van der Waals surface area (Å²) >= 11 is 0. The third-order valence-corrected chi connectivity index (χ3v) is 5.28. The van der Waals surface area contributed by atoms with Gasteiger partial charge in [0, 0.05) is 37.0 Å². The van der Waals surface area contributed by atoms with E-state index in [1.807, 2.05) is 13.8 Å². The molecule has 7 nitrogen and oxygen atoms in total. The topological polar surface area (TPSA) is 95.6 Å². The molecule has 0 aliphatic rings. The van der Waals surface area contributed by atoms with Gasteiger partial charge in [-0.05, 0) is 56.3 Å². The first-order chi connectivity index (χ1) is 12.8. The fraction of sp³-hybridized carbons (Fsp3) is 0.263. The lowest BCUT2D eigenvalue weighted by Gasteiger charge is -2.19. The Hall–Kier alpha value is -2.87. The molecule has 2 aromatic carbocycles. The van der Waals surface area contributed by atoms with Crippen LogP contribution in [0.15, 0.2) is 53.4 Å². The van der Waals surface area contributed by atoms with Crippen molar-refractivity contribution in [3.05, 3.63) is 54.1 Å². The lowest BCUT2D eigenvalue weighted by molar-refractivity contribution is -0.114. The molecule has 0 atom stereocenters. The number of sulfonamides is 1. The SMILES string of the molecule is CCN(CC)C(=O)c1cccc(S(=O)(=O)Nc2ccc(NC(C)=O)cc2)c1. The molecule has 0 heterocycles. The Morgan fingerprint density at radius 2 is 1.56 bits per heavy atom. The number of rotatable bonds is 7. The van der Waals surface area contributed by atoms with E-state index >= 15 is 0 Å². The highest BCUT2D eigenvalue weighted by atomic mass is 32.2.